The monoisotopic (exact) mass is 320 g/mol. The molecule has 2 amide bonds. The highest BCUT2D eigenvalue weighted by Crippen LogP contribution is 2.23. The minimum Gasteiger partial charge on any atom is -0.473 e. The molecule has 0 bridgehead atoms. The summed E-state index contributed by atoms with van der Waals surface area (Å²) in [6.45, 7) is 2.09. The number of hydrogen-bond donors (Lipinski definition) is 2. The summed E-state index contributed by atoms with van der Waals surface area (Å²) in [7, 11) is 0. The first kappa shape index (κ1) is 15.9. The number of rotatable bonds is 5. The number of carbonyl (C=O) groups is 1. The van der Waals surface area contributed by atoms with Crippen LogP contribution in [0.25, 0.3) is 10.8 Å². The Morgan fingerprint density at radius 2 is 1.67 bits per heavy atom. The lowest BCUT2D eigenvalue weighted by Crippen LogP contribution is -2.39. The zero-order valence-electron chi connectivity index (χ0n) is 13.5. The van der Waals surface area contributed by atoms with Gasteiger partial charge in [-0.05, 0) is 35.4 Å². The van der Waals surface area contributed by atoms with Crippen molar-refractivity contribution < 1.29 is 9.53 Å². The number of ether oxygens (including phenoxy) is 1. The lowest BCUT2D eigenvalue weighted by atomic mass is 10.00. The van der Waals surface area contributed by atoms with Crippen LogP contribution in [0.4, 0.5) is 4.79 Å². The zero-order chi connectivity index (χ0) is 16.8. The zero-order valence-corrected chi connectivity index (χ0v) is 13.5. The normalized spacial score (nSPS) is 11.7. The van der Waals surface area contributed by atoms with Crippen LogP contribution in [0.1, 0.15) is 18.5 Å². The number of carbonyl (C=O) groups excluding carboxylic acids is 1. The third-order valence-corrected chi connectivity index (χ3v) is 3.85. The number of fused-ring (bicyclic) bond motifs is 1. The van der Waals surface area contributed by atoms with Gasteiger partial charge in [0.2, 0.25) is 0 Å². The maximum Gasteiger partial charge on any atom is 0.317 e. The van der Waals surface area contributed by atoms with Gasteiger partial charge < -0.3 is 15.4 Å². The summed E-state index contributed by atoms with van der Waals surface area (Å²) in [5.41, 5.74) is 1.09. The number of urea groups is 1. The van der Waals surface area contributed by atoms with Crippen molar-refractivity contribution in [1.29, 1.82) is 0 Å². The van der Waals surface area contributed by atoms with Gasteiger partial charge in [0.05, 0.1) is 6.04 Å². The van der Waals surface area contributed by atoms with Crippen molar-refractivity contribution in [2.24, 2.45) is 0 Å². The first-order valence-electron chi connectivity index (χ1n) is 7.94. The van der Waals surface area contributed by atoms with Crippen LogP contribution in [0.2, 0.25) is 0 Å². The second-order valence-electron chi connectivity index (χ2n) is 5.54. The highest BCUT2D eigenvalue weighted by Gasteiger charge is 2.11. The molecule has 1 atom stereocenters. The largest absolute Gasteiger partial charge is 0.473 e. The van der Waals surface area contributed by atoms with E-state index in [0.717, 1.165) is 22.1 Å². The van der Waals surface area contributed by atoms with E-state index in [1.165, 1.54) is 0 Å². The fraction of sp³-hybridized carbons (Fsp3) is 0.150. The lowest BCUT2D eigenvalue weighted by Gasteiger charge is -2.17. The summed E-state index contributed by atoms with van der Waals surface area (Å²) in [4.78, 5) is 12.1. The van der Waals surface area contributed by atoms with Crippen molar-refractivity contribution in [3.8, 4) is 5.75 Å². The van der Waals surface area contributed by atoms with Crippen LogP contribution in [0, 0.1) is 0 Å². The minimum absolute atomic E-state index is 0.104. The van der Waals surface area contributed by atoms with Gasteiger partial charge in [-0.3, -0.25) is 0 Å². The second-order valence-corrected chi connectivity index (χ2v) is 5.54. The average molecular weight is 320 g/mol. The van der Waals surface area contributed by atoms with E-state index < -0.39 is 0 Å². The van der Waals surface area contributed by atoms with E-state index in [4.69, 9.17) is 4.74 Å². The van der Waals surface area contributed by atoms with Crippen LogP contribution in [-0.2, 0) is 0 Å². The van der Waals surface area contributed by atoms with Crippen LogP contribution in [-0.4, -0.2) is 12.8 Å². The second kappa shape index (κ2) is 7.51. The highest BCUT2D eigenvalue weighted by atomic mass is 16.5. The SMILES string of the molecule is CC(NC(=O)NCOc1ccccc1)c1cccc2ccccc12. The van der Waals surface area contributed by atoms with Gasteiger partial charge in [0.1, 0.15) is 5.75 Å². The van der Waals surface area contributed by atoms with Crippen molar-refractivity contribution >= 4 is 16.8 Å². The van der Waals surface area contributed by atoms with E-state index in [1.807, 2.05) is 61.5 Å². The van der Waals surface area contributed by atoms with E-state index in [1.54, 1.807) is 0 Å². The average Bonchev–Trinajstić information content (AvgIpc) is 2.62. The molecule has 0 aromatic heterocycles. The number of nitrogens with one attached hydrogen (secondary N) is 2. The van der Waals surface area contributed by atoms with Crippen LogP contribution in [0.15, 0.2) is 72.8 Å². The topological polar surface area (TPSA) is 50.4 Å². The molecule has 4 nitrogen and oxygen atoms in total. The standard InChI is InChI=1S/C20H20N2O2/c1-15(18-13-7-9-16-8-5-6-12-19(16)18)22-20(23)21-14-24-17-10-3-2-4-11-17/h2-13,15H,14H2,1H3,(H2,21,22,23). The Labute approximate surface area is 141 Å². The summed E-state index contributed by atoms with van der Waals surface area (Å²) in [6, 6.07) is 23.3. The fourth-order valence-corrected chi connectivity index (χ4v) is 2.66. The van der Waals surface area contributed by atoms with Crippen molar-refractivity contribution in [3.63, 3.8) is 0 Å². The van der Waals surface area contributed by atoms with Crippen molar-refractivity contribution in [1.82, 2.24) is 10.6 Å². The van der Waals surface area contributed by atoms with Gasteiger partial charge in [0.15, 0.2) is 6.73 Å². The predicted octanol–water partition coefficient (Wildman–Crippen LogP) is 4.24. The molecule has 0 aliphatic rings. The van der Waals surface area contributed by atoms with Gasteiger partial charge >= 0.3 is 6.03 Å². The van der Waals surface area contributed by atoms with E-state index in [0.29, 0.717) is 0 Å². The molecule has 4 heteroatoms. The molecule has 1 unspecified atom stereocenters. The van der Waals surface area contributed by atoms with Gasteiger partial charge in [-0.15, -0.1) is 0 Å². The Bertz CT molecular complexity index is 813. The number of hydrogen-bond acceptors (Lipinski definition) is 2. The summed E-state index contributed by atoms with van der Waals surface area (Å²) >= 11 is 0. The van der Waals surface area contributed by atoms with Gasteiger partial charge in [-0.25, -0.2) is 4.79 Å². The number of benzene rings is 3. The quantitative estimate of drug-likeness (QED) is 0.691. The van der Waals surface area contributed by atoms with Crippen LogP contribution in [0.3, 0.4) is 0 Å². The number of para-hydroxylation sites is 1. The molecule has 0 spiro atoms. The Morgan fingerprint density at radius 3 is 2.50 bits per heavy atom. The molecule has 3 rings (SSSR count). The van der Waals surface area contributed by atoms with Crippen LogP contribution in [0.5, 0.6) is 5.75 Å². The molecule has 24 heavy (non-hydrogen) atoms. The van der Waals surface area contributed by atoms with Crippen molar-refractivity contribution in [2.75, 3.05) is 6.73 Å². The molecule has 0 aliphatic carbocycles. The third kappa shape index (κ3) is 3.84. The predicted molar refractivity (Wildman–Crippen MR) is 96.0 cm³/mol. The van der Waals surface area contributed by atoms with Crippen LogP contribution >= 0.6 is 0 Å². The Hall–Kier alpha value is -3.01. The van der Waals surface area contributed by atoms with Crippen LogP contribution < -0.4 is 15.4 Å². The first-order chi connectivity index (χ1) is 11.7. The maximum atomic E-state index is 12.1. The molecule has 2 N–H and O–H groups in total. The van der Waals surface area contributed by atoms with Crippen molar-refractivity contribution in [3.05, 3.63) is 78.4 Å². The van der Waals surface area contributed by atoms with Gasteiger partial charge in [-0.2, -0.15) is 0 Å². The van der Waals surface area contributed by atoms with E-state index in [2.05, 4.69) is 28.8 Å². The summed E-state index contributed by atoms with van der Waals surface area (Å²) < 4.78 is 5.46. The maximum absolute atomic E-state index is 12.1. The number of amides is 2. The molecule has 0 saturated heterocycles. The van der Waals surface area contributed by atoms with E-state index in [-0.39, 0.29) is 18.8 Å². The Morgan fingerprint density at radius 1 is 0.958 bits per heavy atom. The minimum atomic E-state index is -0.258. The molecule has 0 radical (unpaired) electrons. The van der Waals surface area contributed by atoms with Gasteiger partial charge in [-0.1, -0.05) is 60.7 Å². The van der Waals surface area contributed by atoms with Crippen molar-refractivity contribution in [2.45, 2.75) is 13.0 Å². The Kier molecular flexibility index (Phi) is 4.96. The molecule has 3 aromatic carbocycles. The van der Waals surface area contributed by atoms with E-state index in [9.17, 15) is 4.79 Å². The molecule has 3 aromatic rings. The molecule has 0 heterocycles. The summed E-state index contributed by atoms with van der Waals surface area (Å²) in [5, 5.41) is 7.96. The van der Waals surface area contributed by atoms with E-state index >= 15 is 0 Å². The smallest absolute Gasteiger partial charge is 0.317 e. The third-order valence-electron chi connectivity index (χ3n) is 3.85. The Balaban J connectivity index is 1.57. The molecular formula is C20H20N2O2. The first-order valence-corrected chi connectivity index (χ1v) is 7.94. The highest BCUT2D eigenvalue weighted by molar-refractivity contribution is 5.86. The molecule has 0 aliphatic heterocycles. The summed E-state index contributed by atoms with van der Waals surface area (Å²) in [6.07, 6.45) is 0. The molecule has 122 valence electrons. The van der Waals surface area contributed by atoms with Gasteiger partial charge in [0, 0.05) is 0 Å². The fourth-order valence-electron chi connectivity index (χ4n) is 2.66. The van der Waals surface area contributed by atoms with Gasteiger partial charge in [0.25, 0.3) is 0 Å². The molecular weight excluding hydrogens is 300 g/mol. The molecule has 0 fully saturated rings. The lowest BCUT2D eigenvalue weighted by molar-refractivity contribution is 0.221. The molecule has 0 saturated carbocycles. The summed E-state index contributed by atoms with van der Waals surface area (Å²) in [5.74, 6) is 0.722.